The van der Waals surface area contributed by atoms with Gasteiger partial charge >= 0.3 is 0 Å². The molecule has 1 saturated carbocycles. The molecule has 0 amide bonds. The third kappa shape index (κ3) is 2.96. The van der Waals surface area contributed by atoms with E-state index in [4.69, 9.17) is 3.74 Å². The van der Waals surface area contributed by atoms with Crippen molar-refractivity contribution >= 4 is 15.6 Å². The quantitative estimate of drug-likeness (QED) is 0.700. The summed E-state index contributed by atoms with van der Waals surface area (Å²) in [6.07, 6.45) is 10.3. The second-order valence-electron chi connectivity index (χ2n) is 5.17. The molecule has 6 heteroatoms. The van der Waals surface area contributed by atoms with Crippen LogP contribution in [-0.4, -0.2) is 4.86 Å². The first-order chi connectivity index (χ1) is 9.04. The maximum atomic E-state index is 11.0. The van der Waals surface area contributed by atoms with E-state index in [9.17, 15) is 14.0 Å². The number of allylic oxidation sites excluding steroid dienone is 4. The van der Waals surface area contributed by atoms with E-state index in [0.29, 0.717) is 0 Å². The summed E-state index contributed by atoms with van der Waals surface area (Å²) in [5.41, 5.74) is 2.43. The Morgan fingerprint density at radius 1 is 0.947 bits per heavy atom. The van der Waals surface area contributed by atoms with Crippen LogP contribution in [0.3, 0.4) is 0 Å². The van der Waals surface area contributed by atoms with Gasteiger partial charge in [-0.1, -0.05) is 6.08 Å². The first kappa shape index (κ1) is 13.8. The minimum Gasteiger partial charge on any atom is -0.182 e. The van der Waals surface area contributed by atoms with Gasteiger partial charge in [-0.15, -0.1) is 0 Å². The van der Waals surface area contributed by atoms with Gasteiger partial charge in [-0.25, -0.2) is 0 Å². The normalized spacial score (nSPS) is 27.8. The summed E-state index contributed by atoms with van der Waals surface area (Å²) < 4.78 is 37.9. The zero-order chi connectivity index (χ0) is 13.5. The number of fused-ring (bicyclic) bond motifs is 1. The number of halogens is 1. The van der Waals surface area contributed by atoms with Gasteiger partial charge in [0, 0.05) is 9.77 Å². The fourth-order valence-corrected chi connectivity index (χ4v) is 6.02. The van der Waals surface area contributed by atoms with Crippen molar-refractivity contribution in [3.05, 3.63) is 22.1 Å². The Morgan fingerprint density at radius 3 is 2.42 bits per heavy atom. The molecule has 0 aromatic heterocycles. The molecule has 1 heterocycles. The molecular formula is C13H17ClO4S. The summed E-state index contributed by atoms with van der Waals surface area (Å²) in [7, 11) is -5.29. The van der Waals surface area contributed by atoms with Gasteiger partial charge in [-0.2, -0.15) is 14.0 Å². The van der Waals surface area contributed by atoms with Gasteiger partial charge < -0.3 is 0 Å². The van der Waals surface area contributed by atoms with Crippen LogP contribution in [0.1, 0.15) is 51.4 Å². The largest absolute Gasteiger partial charge is 0.182 e. The van der Waals surface area contributed by atoms with Crippen molar-refractivity contribution in [1.29, 1.82) is 0 Å². The molecule has 0 bridgehead atoms. The van der Waals surface area contributed by atoms with Crippen LogP contribution in [0.4, 0.5) is 0 Å². The van der Waals surface area contributed by atoms with Crippen LogP contribution in [0.25, 0.3) is 0 Å². The lowest BCUT2D eigenvalue weighted by Crippen LogP contribution is -2.60. The summed E-state index contributed by atoms with van der Waals surface area (Å²) in [5.74, 6) is 0. The van der Waals surface area contributed by atoms with Crippen LogP contribution in [0.5, 0.6) is 0 Å². The monoisotopic (exact) mass is 304 g/mol. The van der Waals surface area contributed by atoms with Gasteiger partial charge in [0.2, 0.25) is 0 Å². The van der Waals surface area contributed by atoms with E-state index < -0.39 is 21.0 Å². The standard InChI is InChI=1S/C13H17ClO4S/c15-14(16,17)18-19-12-7-3-1-5-10(12)9-11-6-2-4-8-13(11)19/h9H,1-8H2. The lowest BCUT2D eigenvalue weighted by atomic mass is 9.90. The molecule has 3 aliphatic rings. The Kier molecular flexibility index (Phi) is 3.86. The fourth-order valence-electron chi connectivity index (χ4n) is 3.04. The third-order valence-electron chi connectivity index (χ3n) is 3.85. The van der Waals surface area contributed by atoms with Crippen LogP contribution >= 0.6 is 10.8 Å². The highest BCUT2D eigenvalue weighted by molar-refractivity contribution is 8.15. The zero-order valence-corrected chi connectivity index (χ0v) is 12.2. The van der Waals surface area contributed by atoms with Crippen molar-refractivity contribution in [3.8, 4) is 0 Å². The third-order valence-corrected chi connectivity index (χ3v) is 6.80. The molecule has 0 aromatic rings. The first-order valence-electron chi connectivity index (χ1n) is 6.68. The van der Waals surface area contributed by atoms with Crippen molar-refractivity contribution in [3.63, 3.8) is 0 Å². The second kappa shape index (κ2) is 5.31. The summed E-state index contributed by atoms with van der Waals surface area (Å²) in [6.45, 7) is 0. The Labute approximate surface area is 117 Å². The zero-order valence-electron chi connectivity index (χ0n) is 10.7. The minimum absolute atomic E-state index is 0.858. The highest BCUT2D eigenvalue weighted by Gasteiger charge is 2.34. The number of hydrogen-bond donors (Lipinski definition) is 0. The first-order valence-corrected chi connectivity index (χ1v) is 9.07. The van der Waals surface area contributed by atoms with Crippen LogP contribution in [0.2, 0.25) is 0 Å². The molecule has 3 rings (SSSR count). The van der Waals surface area contributed by atoms with Gasteiger partial charge in [0.1, 0.15) is 14.5 Å². The molecule has 1 aliphatic heterocycles. The van der Waals surface area contributed by atoms with Crippen LogP contribution < -0.4 is 14.0 Å². The second-order valence-corrected chi connectivity index (χ2v) is 7.95. The van der Waals surface area contributed by atoms with E-state index in [0.717, 1.165) is 61.1 Å². The molecule has 1 fully saturated rings. The van der Waals surface area contributed by atoms with Crippen molar-refractivity contribution in [1.82, 2.24) is 0 Å². The van der Waals surface area contributed by atoms with Gasteiger partial charge in [-0.3, -0.25) is 0 Å². The minimum atomic E-state index is -4.36. The Bertz CT molecular complexity index is 487. The summed E-state index contributed by atoms with van der Waals surface area (Å²) in [5, 5.41) is 0. The van der Waals surface area contributed by atoms with E-state index in [1.165, 1.54) is 11.1 Å². The van der Waals surface area contributed by atoms with Gasteiger partial charge in [-0.05, 0) is 62.5 Å². The Balaban J connectivity index is 2.05. The lowest BCUT2D eigenvalue weighted by molar-refractivity contribution is -1.91. The average Bonchev–Trinajstić information content (AvgIpc) is 2.37. The van der Waals surface area contributed by atoms with Gasteiger partial charge in [0.05, 0.1) is 10.2 Å². The SMILES string of the molecule is [O-][Cl+3]([O-])([O-])OS1=C2CCCCC2=CC2=C1CCCC2. The maximum absolute atomic E-state index is 11.0. The highest BCUT2D eigenvalue weighted by atomic mass is 35.7. The molecule has 0 spiro atoms. The predicted molar refractivity (Wildman–Crippen MR) is 65.7 cm³/mol. The van der Waals surface area contributed by atoms with Crippen LogP contribution in [0.15, 0.2) is 22.1 Å². The molecule has 0 N–H and O–H groups in total. The number of hydrogen-bond acceptors (Lipinski definition) is 4. The van der Waals surface area contributed by atoms with Gasteiger partial charge in [0.15, 0.2) is 0 Å². The topological polar surface area (TPSA) is 78.4 Å². The van der Waals surface area contributed by atoms with E-state index in [-0.39, 0.29) is 0 Å². The molecule has 1 atom stereocenters. The molecule has 0 saturated heterocycles. The van der Waals surface area contributed by atoms with Crippen LogP contribution in [-0.2, 0) is 3.74 Å². The molecule has 1 unspecified atom stereocenters. The summed E-state index contributed by atoms with van der Waals surface area (Å²) in [4.78, 5) is 2.11. The van der Waals surface area contributed by atoms with E-state index >= 15 is 0 Å². The van der Waals surface area contributed by atoms with Crippen LogP contribution in [0, 0.1) is 10.2 Å². The number of rotatable bonds is 2. The summed E-state index contributed by atoms with van der Waals surface area (Å²) in [6, 6.07) is 0. The van der Waals surface area contributed by atoms with Crippen molar-refractivity contribution < 1.29 is 28.0 Å². The molecule has 2 aliphatic carbocycles. The fraction of sp³-hybridized carbons (Fsp3) is 0.615. The van der Waals surface area contributed by atoms with E-state index in [1.807, 2.05) is 0 Å². The smallest absolute Gasteiger partial charge is 0.141 e. The Hall–Kier alpha value is -0.170. The van der Waals surface area contributed by atoms with E-state index in [1.54, 1.807) is 0 Å². The molecule has 0 aromatic carbocycles. The van der Waals surface area contributed by atoms with Gasteiger partial charge in [0.25, 0.3) is 0 Å². The van der Waals surface area contributed by atoms with Crippen molar-refractivity contribution in [2.45, 2.75) is 51.4 Å². The average molecular weight is 305 g/mol. The lowest BCUT2D eigenvalue weighted by Gasteiger charge is -2.29. The molecule has 19 heavy (non-hydrogen) atoms. The highest BCUT2D eigenvalue weighted by Crippen LogP contribution is 2.47. The Morgan fingerprint density at radius 2 is 1.63 bits per heavy atom. The van der Waals surface area contributed by atoms with Crippen molar-refractivity contribution in [2.75, 3.05) is 0 Å². The summed E-state index contributed by atoms with van der Waals surface area (Å²) >= 11 is 0. The maximum Gasteiger partial charge on any atom is 0.141 e. The molecule has 0 radical (unpaired) electrons. The molecule has 4 nitrogen and oxygen atoms in total. The van der Waals surface area contributed by atoms with E-state index in [2.05, 4.69) is 6.08 Å². The molecule has 106 valence electrons. The predicted octanol–water partition coefficient (Wildman–Crippen LogP) is 0.599. The van der Waals surface area contributed by atoms with Crippen molar-refractivity contribution in [2.24, 2.45) is 0 Å². The molecular weight excluding hydrogens is 288 g/mol.